The van der Waals surface area contributed by atoms with Crippen LogP contribution in [0.3, 0.4) is 0 Å². The van der Waals surface area contributed by atoms with Crippen LogP contribution in [-0.2, 0) is 9.84 Å². The molecule has 0 unspecified atom stereocenters. The molecule has 1 radical (unpaired) electrons. The molecule has 0 bridgehead atoms. The predicted molar refractivity (Wildman–Crippen MR) is 41.6 cm³/mol. The highest BCUT2D eigenvalue weighted by atomic mass is 32.2. The summed E-state index contributed by atoms with van der Waals surface area (Å²) in [5.74, 6) is 0. The van der Waals surface area contributed by atoms with E-state index in [4.69, 9.17) is 0 Å². The molecule has 55 valence electrons. The third kappa shape index (κ3) is 1.58. The maximum atomic E-state index is 10.7. The fourth-order valence-corrected chi connectivity index (χ4v) is 2.35. The van der Waals surface area contributed by atoms with Crippen LogP contribution < -0.4 is 0 Å². The second-order valence-electron chi connectivity index (χ2n) is 1.98. The number of thiophene rings is 1. The van der Waals surface area contributed by atoms with Crippen molar-refractivity contribution in [1.82, 2.24) is 0 Å². The molecule has 0 saturated carbocycles. The van der Waals surface area contributed by atoms with Crippen LogP contribution >= 0.6 is 11.3 Å². The van der Waals surface area contributed by atoms with Crippen LogP contribution in [0.5, 0.6) is 0 Å². The standard InChI is InChI=1S/C6H7O2S2/c1-5-3-4-6(9-5)10(2,7)8/h3-4H,2H2,1H3. The Morgan fingerprint density at radius 2 is 2.10 bits per heavy atom. The van der Waals surface area contributed by atoms with Gasteiger partial charge in [0, 0.05) is 4.88 Å². The molecular weight excluding hydrogens is 168 g/mol. The number of hydrogen-bond donors (Lipinski definition) is 0. The summed E-state index contributed by atoms with van der Waals surface area (Å²) in [4.78, 5) is 0.988. The van der Waals surface area contributed by atoms with Crippen molar-refractivity contribution in [3.8, 4) is 0 Å². The highest BCUT2D eigenvalue weighted by molar-refractivity contribution is 7.94. The zero-order valence-electron chi connectivity index (χ0n) is 5.49. The number of hydrogen-bond acceptors (Lipinski definition) is 3. The minimum Gasteiger partial charge on any atom is -0.223 e. The van der Waals surface area contributed by atoms with E-state index in [1.54, 1.807) is 12.1 Å². The maximum Gasteiger partial charge on any atom is 0.188 e. The Morgan fingerprint density at radius 3 is 2.30 bits per heavy atom. The van der Waals surface area contributed by atoms with E-state index in [1.165, 1.54) is 11.3 Å². The van der Waals surface area contributed by atoms with Crippen LogP contribution in [-0.4, -0.2) is 8.42 Å². The first kappa shape index (κ1) is 7.75. The van der Waals surface area contributed by atoms with E-state index in [0.29, 0.717) is 4.21 Å². The van der Waals surface area contributed by atoms with Gasteiger partial charge in [-0.1, -0.05) is 0 Å². The van der Waals surface area contributed by atoms with E-state index in [9.17, 15) is 8.42 Å². The molecule has 1 rings (SSSR count). The topological polar surface area (TPSA) is 34.1 Å². The van der Waals surface area contributed by atoms with Gasteiger partial charge in [-0.25, -0.2) is 8.42 Å². The Kier molecular flexibility index (Phi) is 1.83. The first-order chi connectivity index (χ1) is 4.50. The monoisotopic (exact) mass is 175 g/mol. The lowest BCUT2D eigenvalue weighted by Gasteiger charge is -1.86. The van der Waals surface area contributed by atoms with Gasteiger partial charge >= 0.3 is 0 Å². The lowest BCUT2D eigenvalue weighted by Crippen LogP contribution is -1.88. The van der Waals surface area contributed by atoms with Gasteiger partial charge in [-0.15, -0.1) is 11.3 Å². The van der Waals surface area contributed by atoms with E-state index in [2.05, 4.69) is 6.26 Å². The van der Waals surface area contributed by atoms with Crippen molar-refractivity contribution < 1.29 is 8.42 Å². The molecule has 0 aliphatic rings. The van der Waals surface area contributed by atoms with Gasteiger partial charge in [0.25, 0.3) is 0 Å². The molecule has 0 fully saturated rings. The van der Waals surface area contributed by atoms with E-state index in [1.807, 2.05) is 6.92 Å². The fourth-order valence-electron chi connectivity index (χ4n) is 0.579. The number of aryl methyl sites for hydroxylation is 1. The fraction of sp³-hybridized carbons (Fsp3) is 0.167. The van der Waals surface area contributed by atoms with Gasteiger partial charge < -0.3 is 0 Å². The molecule has 0 aliphatic heterocycles. The van der Waals surface area contributed by atoms with Crippen molar-refractivity contribution in [2.75, 3.05) is 0 Å². The highest BCUT2D eigenvalue weighted by Crippen LogP contribution is 2.20. The maximum absolute atomic E-state index is 10.7. The summed E-state index contributed by atoms with van der Waals surface area (Å²) in [5.41, 5.74) is 0. The smallest absolute Gasteiger partial charge is 0.188 e. The lowest BCUT2D eigenvalue weighted by molar-refractivity contribution is 0.606. The van der Waals surface area contributed by atoms with Crippen LogP contribution in [0.1, 0.15) is 4.88 Å². The summed E-state index contributed by atoms with van der Waals surface area (Å²) in [7, 11) is -3.21. The van der Waals surface area contributed by atoms with Crippen LogP contribution in [0.4, 0.5) is 0 Å². The molecule has 0 aromatic carbocycles. The second-order valence-corrected chi connectivity index (χ2v) is 5.20. The first-order valence-corrected chi connectivity index (χ1v) is 5.11. The molecule has 0 saturated heterocycles. The van der Waals surface area contributed by atoms with Gasteiger partial charge in [0.15, 0.2) is 9.84 Å². The van der Waals surface area contributed by atoms with Crippen LogP contribution in [0.15, 0.2) is 16.3 Å². The van der Waals surface area contributed by atoms with E-state index in [-0.39, 0.29) is 0 Å². The normalized spacial score (nSPS) is 11.8. The third-order valence-corrected chi connectivity index (χ3v) is 3.58. The molecule has 2 nitrogen and oxygen atoms in total. The Labute approximate surface area is 64.4 Å². The summed E-state index contributed by atoms with van der Waals surface area (Å²) < 4.78 is 21.8. The van der Waals surface area contributed by atoms with Gasteiger partial charge in [-0.2, -0.15) is 0 Å². The highest BCUT2D eigenvalue weighted by Gasteiger charge is 2.08. The van der Waals surface area contributed by atoms with Gasteiger partial charge in [0.2, 0.25) is 0 Å². The second kappa shape index (κ2) is 2.36. The van der Waals surface area contributed by atoms with Gasteiger partial charge in [-0.3, -0.25) is 0 Å². The quantitative estimate of drug-likeness (QED) is 0.650. The predicted octanol–water partition coefficient (Wildman–Crippen LogP) is 1.62. The van der Waals surface area contributed by atoms with E-state index >= 15 is 0 Å². The molecule has 0 amide bonds. The average molecular weight is 175 g/mol. The largest absolute Gasteiger partial charge is 0.223 e. The molecule has 10 heavy (non-hydrogen) atoms. The minimum atomic E-state index is -3.21. The van der Waals surface area contributed by atoms with Crippen LogP contribution in [0, 0.1) is 13.2 Å². The van der Waals surface area contributed by atoms with E-state index < -0.39 is 9.84 Å². The minimum absolute atomic E-state index is 0.338. The summed E-state index contributed by atoms with van der Waals surface area (Å²) in [6.07, 6.45) is 3.04. The summed E-state index contributed by atoms with van der Waals surface area (Å²) >= 11 is 1.24. The van der Waals surface area contributed by atoms with Crippen molar-refractivity contribution in [1.29, 1.82) is 0 Å². The first-order valence-electron chi connectivity index (χ1n) is 2.65. The Hall–Kier alpha value is -0.350. The zero-order chi connectivity index (χ0) is 7.78. The Balaban J connectivity index is 3.21. The number of sulfone groups is 1. The molecule has 1 heterocycles. The van der Waals surface area contributed by atoms with Gasteiger partial charge in [0.05, 0.1) is 6.26 Å². The van der Waals surface area contributed by atoms with Crippen molar-refractivity contribution in [2.45, 2.75) is 11.1 Å². The molecule has 1 aromatic heterocycles. The molecular formula is C6H7O2S2. The SMILES string of the molecule is [CH2]S(=O)(=O)c1ccc(C)s1. The van der Waals surface area contributed by atoms with Crippen LogP contribution in [0.2, 0.25) is 0 Å². The van der Waals surface area contributed by atoms with Crippen molar-refractivity contribution in [3.63, 3.8) is 0 Å². The van der Waals surface area contributed by atoms with Crippen molar-refractivity contribution >= 4 is 21.2 Å². The molecule has 0 spiro atoms. The Morgan fingerprint density at radius 1 is 1.50 bits per heavy atom. The average Bonchev–Trinajstić information content (AvgIpc) is 2.11. The molecule has 0 N–H and O–H groups in total. The van der Waals surface area contributed by atoms with Gasteiger partial charge in [0.1, 0.15) is 4.21 Å². The molecule has 4 heteroatoms. The summed E-state index contributed by atoms with van der Waals surface area (Å²) in [6, 6.07) is 3.34. The Bertz CT molecular complexity index is 321. The zero-order valence-corrected chi connectivity index (χ0v) is 7.13. The third-order valence-electron chi connectivity index (χ3n) is 1.02. The molecule has 0 aliphatic carbocycles. The summed E-state index contributed by atoms with van der Waals surface area (Å²) in [5, 5.41) is 0. The van der Waals surface area contributed by atoms with Crippen LogP contribution in [0.25, 0.3) is 0 Å². The summed E-state index contributed by atoms with van der Waals surface area (Å²) in [6.45, 7) is 1.86. The van der Waals surface area contributed by atoms with E-state index in [0.717, 1.165) is 4.88 Å². The number of rotatable bonds is 1. The molecule has 0 atom stereocenters. The van der Waals surface area contributed by atoms with Gasteiger partial charge in [-0.05, 0) is 19.1 Å². The van der Waals surface area contributed by atoms with Crippen molar-refractivity contribution in [3.05, 3.63) is 23.3 Å². The van der Waals surface area contributed by atoms with Crippen molar-refractivity contribution in [2.24, 2.45) is 0 Å². The lowest BCUT2D eigenvalue weighted by atomic mass is 10.5. The molecule has 1 aromatic rings.